The Morgan fingerprint density at radius 1 is 1.26 bits per heavy atom. The van der Waals surface area contributed by atoms with Gasteiger partial charge in [0.05, 0.1) is 17.9 Å². The number of nitrogens with one attached hydrogen (secondary N) is 1. The van der Waals surface area contributed by atoms with Crippen molar-refractivity contribution in [2.75, 3.05) is 6.61 Å². The smallest absolute Gasteiger partial charge is 0.341 e. The molecule has 2 N–H and O–H groups in total. The first-order valence-electron chi connectivity index (χ1n) is 10.0. The van der Waals surface area contributed by atoms with Crippen LogP contribution in [0, 0.1) is 0 Å². The van der Waals surface area contributed by atoms with Crippen molar-refractivity contribution in [1.29, 1.82) is 0 Å². The monoisotopic (exact) mass is 439 g/mol. The van der Waals surface area contributed by atoms with Crippen molar-refractivity contribution in [2.24, 2.45) is 4.99 Å². The van der Waals surface area contributed by atoms with Gasteiger partial charge in [-0.05, 0) is 50.3 Å². The van der Waals surface area contributed by atoms with Gasteiger partial charge in [-0.2, -0.15) is 0 Å². The number of hydrogen-bond donors (Lipinski definition) is 2. The Balaban J connectivity index is 1.81. The second-order valence-corrected chi connectivity index (χ2v) is 8.12. The first kappa shape index (κ1) is 20.8. The topological polar surface area (TPSA) is 114 Å². The van der Waals surface area contributed by atoms with E-state index in [1.165, 1.54) is 17.6 Å². The van der Waals surface area contributed by atoms with Crippen molar-refractivity contribution in [1.82, 2.24) is 9.55 Å². The second-order valence-electron chi connectivity index (χ2n) is 7.04. The molecule has 0 atom stereocenters. The largest absolute Gasteiger partial charge is 0.493 e. The highest BCUT2D eigenvalue weighted by molar-refractivity contribution is 7.16. The van der Waals surface area contributed by atoms with Gasteiger partial charge >= 0.3 is 11.7 Å². The van der Waals surface area contributed by atoms with E-state index in [2.05, 4.69) is 9.98 Å². The van der Waals surface area contributed by atoms with Crippen LogP contribution in [0.25, 0.3) is 5.69 Å². The molecule has 4 rings (SSSR count). The fraction of sp³-hybridized carbons (Fsp3) is 0.273. The number of aromatic hydroxyl groups is 1. The van der Waals surface area contributed by atoms with Gasteiger partial charge in [0.2, 0.25) is 5.88 Å². The van der Waals surface area contributed by atoms with Crippen LogP contribution in [0.15, 0.2) is 44.9 Å². The molecule has 0 saturated heterocycles. The molecule has 0 fully saturated rings. The summed E-state index contributed by atoms with van der Waals surface area (Å²) in [4.78, 5) is 44.9. The third kappa shape index (κ3) is 3.96. The molecule has 0 bridgehead atoms. The average Bonchev–Trinajstić information content (AvgIpc) is 3.12. The SMILES string of the molecule is CCOC(=O)c1c(N=Cc2c(O)n(-c3ccccc3)c(=O)[nH]c2=O)sc2c1CCCC2. The van der Waals surface area contributed by atoms with E-state index in [1.54, 1.807) is 37.3 Å². The van der Waals surface area contributed by atoms with Crippen molar-refractivity contribution in [3.63, 3.8) is 0 Å². The van der Waals surface area contributed by atoms with Gasteiger partial charge in [-0.3, -0.25) is 9.78 Å². The summed E-state index contributed by atoms with van der Waals surface area (Å²) >= 11 is 1.39. The molecule has 0 radical (unpaired) electrons. The summed E-state index contributed by atoms with van der Waals surface area (Å²) < 4.78 is 6.21. The summed E-state index contributed by atoms with van der Waals surface area (Å²) in [6.07, 6.45) is 4.86. The minimum atomic E-state index is -0.766. The van der Waals surface area contributed by atoms with Gasteiger partial charge in [-0.15, -0.1) is 11.3 Å². The van der Waals surface area contributed by atoms with Gasteiger partial charge < -0.3 is 9.84 Å². The molecular weight excluding hydrogens is 418 g/mol. The minimum absolute atomic E-state index is 0.176. The van der Waals surface area contributed by atoms with Gasteiger partial charge in [-0.25, -0.2) is 19.1 Å². The Kier molecular flexibility index (Phi) is 5.85. The van der Waals surface area contributed by atoms with E-state index >= 15 is 0 Å². The van der Waals surface area contributed by atoms with E-state index in [0.29, 0.717) is 16.3 Å². The molecule has 0 aliphatic heterocycles. The lowest BCUT2D eigenvalue weighted by Crippen LogP contribution is -2.31. The first-order chi connectivity index (χ1) is 15.0. The summed E-state index contributed by atoms with van der Waals surface area (Å²) in [5, 5.41) is 11.1. The standard InChI is InChI=1S/C22H21N3O5S/c1-2-30-21(28)17-14-10-6-7-11-16(14)31-19(17)23-12-15-18(26)24-22(29)25(20(15)27)13-8-4-3-5-9-13/h3-5,8-9,12,27H,2,6-7,10-11H2,1H3,(H,24,26,29). The molecule has 1 aliphatic rings. The predicted molar refractivity (Wildman–Crippen MR) is 118 cm³/mol. The fourth-order valence-corrected chi connectivity index (χ4v) is 4.87. The molecule has 0 amide bonds. The minimum Gasteiger partial charge on any atom is -0.493 e. The molecule has 3 aromatic rings. The number of benzene rings is 1. The molecule has 1 aromatic carbocycles. The zero-order valence-electron chi connectivity index (χ0n) is 16.9. The molecule has 31 heavy (non-hydrogen) atoms. The number of rotatable bonds is 5. The molecule has 160 valence electrons. The number of carbonyl (C=O) groups is 1. The number of aromatic amines is 1. The Bertz CT molecular complexity index is 1270. The molecule has 2 aromatic heterocycles. The number of esters is 1. The lowest BCUT2D eigenvalue weighted by Gasteiger charge is -2.11. The zero-order valence-corrected chi connectivity index (χ0v) is 17.7. The molecule has 1 aliphatic carbocycles. The van der Waals surface area contributed by atoms with Crippen LogP contribution in [0.3, 0.4) is 0 Å². The lowest BCUT2D eigenvalue weighted by atomic mass is 9.95. The highest BCUT2D eigenvalue weighted by Crippen LogP contribution is 2.40. The number of ether oxygens (including phenoxy) is 1. The van der Waals surface area contributed by atoms with Crippen molar-refractivity contribution in [2.45, 2.75) is 32.6 Å². The van der Waals surface area contributed by atoms with Gasteiger partial charge in [0.1, 0.15) is 10.6 Å². The van der Waals surface area contributed by atoms with Crippen molar-refractivity contribution >= 4 is 28.5 Å². The maximum absolute atomic E-state index is 12.6. The predicted octanol–water partition coefficient (Wildman–Crippen LogP) is 3.10. The quantitative estimate of drug-likeness (QED) is 0.468. The van der Waals surface area contributed by atoms with Gasteiger partial charge in [-0.1, -0.05) is 18.2 Å². The second kappa shape index (κ2) is 8.73. The summed E-state index contributed by atoms with van der Waals surface area (Å²) in [6, 6.07) is 8.46. The Labute approximate surface area is 181 Å². The summed E-state index contributed by atoms with van der Waals surface area (Å²) in [5.74, 6) is -0.968. The Morgan fingerprint density at radius 2 is 2.00 bits per heavy atom. The summed E-state index contributed by atoms with van der Waals surface area (Å²) in [7, 11) is 0. The Hall–Kier alpha value is -3.46. The van der Waals surface area contributed by atoms with E-state index in [4.69, 9.17) is 4.74 Å². The summed E-state index contributed by atoms with van der Waals surface area (Å²) in [5.41, 5.74) is 0.0701. The third-order valence-electron chi connectivity index (χ3n) is 5.08. The van der Waals surface area contributed by atoms with Gasteiger partial charge in [0.25, 0.3) is 5.56 Å². The lowest BCUT2D eigenvalue weighted by molar-refractivity contribution is 0.0526. The zero-order chi connectivity index (χ0) is 22.0. The van der Waals surface area contributed by atoms with Crippen molar-refractivity contribution < 1.29 is 14.6 Å². The number of para-hydroxylation sites is 1. The number of aromatic nitrogens is 2. The Morgan fingerprint density at radius 3 is 2.74 bits per heavy atom. The van der Waals surface area contributed by atoms with Crippen LogP contribution in [0.1, 0.15) is 46.1 Å². The molecular formula is C22H21N3O5S. The molecule has 8 nitrogen and oxygen atoms in total. The van der Waals surface area contributed by atoms with Crippen LogP contribution in [-0.2, 0) is 17.6 Å². The van der Waals surface area contributed by atoms with Crippen LogP contribution >= 0.6 is 11.3 Å². The third-order valence-corrected chi connectivity index (χ3v) is 6.28. The highest BCUT2D eigenvalue weighted by Gasteiger charge is 2.26. The summed E-state index contributed by atoms with van der Waals surface area (Å²) in [6.45, 7) is 1.99. The van der Waals surface area contributed by atoms with E-state index in [-0.39, 0.29) is 12.2 Å². The number of hydrogen-bond acceptors (Lipinski definition) is 7. The molecule has 0 unspecified atom stereocenters. The van der Waals surface area contributed by atoms with Crippen LogP contribution < -0.4 is 11.2 Å². The maximum atomic E-state index is 12.6. The number of H-pyrrole nitrogens is 1. The van der Waals surface area contributed by atoms with Crippen LogP contribution in [-0.4, -0.2) is 33.4 Å². The number of nitrogens with zero attached hydrogens (tertiary/aromatic N) is 2. The number of fused-ring (bicyclic) bond motifs is 1. The number of aliphatic imine (C=N–C) groups is 1. The molecule has 0 spiro atoms. The van der Waals surface area contributed by atoms with E-state index in [9.17, 15) is 19.5 Å². The highest BCUT2D eigenvalue weighted by atomic mass is 32.1. The first-order valence-corrected chi connectivity index (χ1v) is 10.8. The normalized spacial score (nSPS) is 13.3. The van der Waals surface area contributed by atoms with Gasteiger partial charge in [0.15, 0.2) is 0 Å². The van der Waals surface area contributed by atoms with E-state index < -0.39 is 23.1 Å². The van der Waals surface area contributed by atoms with Crippen molar-refractivity contribution in [3.8, 4) is 11.6 Å². The molecule has 9 heteroatoms. The fourth-order valence-electron chi connectivity index (χ4n) is 3.65. The van der Waals surface area contributed by atoms with E-state index in [0.717, 1.165) is 40.7 Å². The van der Waals surface area contributed by atoms with Crippen LogP contribution in [0.4, 0.5) is 5.00 Å². The number of thiophene rings is 1. The van der Waals surface area contributed by atoms with Crippen LogP contribution in [0.5, 0.6) is 5.88 Å². The molecule has 0 saturated carbocycles. The number of aryl methyl sites for hydroxylation is 1. The maximum Gasteiger partial charge on any atom is 0.341 e. The van der Waals surface area contributed by atoms with Crippen molar-refractivity contribution in [3.05, 3.63) is 72.7 Å². The average molecular weight is 439 g/mol. The van der Waals surface area contributed by atoms with E-state index in [1.807, 2.05) is 0 Å². The molecule has 2 heterocycles. The van der Waals surface area contributed by atoms with Crippen LogP contribution in [0.2, 0.25) is 0 Å². The number of carbonyl (C=O) groups excluding carboxylic acids is 1. The van der Waals surface area contributed by atoms with Gasteiger partial charge in [0, 0.05) is 11.1 Å².